The molecule has 0 saturated heterocycles. The summed E-state index contributed by atoms with van der Waals surface area (Å²) in [5.74, 6) is -0.717. The van der Waals surface area contributed by atoms with E-state index in [2.05, 4.69) is 20.6 Å². The maximum atomic E-state index is 12.9. The topological polar surface area (TPSA) is 84.0 Å². The smallest absolute Gasteiger partial charge is 0.270 e. The molecule has 0 saturated carbocycles. The molecular formula is C24H20N4O2. The van der Waals surface area contributed by atoms with Crippen LogP contribution in [0, 0.1) is 0 Å². The van der Waals surface area contributed by atoms with Crippen LogP contribution in [-0.4, -0.2) is 21.8 Å². The highest BCUT2D eigenvalue weighted by molar-refractivity contribution is 5.98. The van der Waals surface area contributed by atoms with E-state index in [1.807, 2.05) is 72.8 Å². The van der Waals surface area contributed by atoms with E-state index in [0.717, 1.165) is 16.5 Å². The number of pyridine rings is 2. The molecule has 6 nitrogen and oxygen atoms in total. The number of nitrogens with zero attached hydrogens (tertiary/aromatic N) is 2. The SMILES string of the molecule is O=C(N[C@@H](C(=O)NCc1cccnc1)c1ccccc1)c1ccc2ccccc2n1. The van der Waals surface area contributed by atoms with Crippen LogP contribution in [0.4, 0.5) is 0 Å². The van der Waals surface area contributed by atoms with E-state index in [9.17, 15) is 9.59 Å². The molecule has 0 aliphatic rings. The molecule has 2 amide bonds. The second kappa shape index (κ2) is 8.96. The number of amides is 2. The van der Waals surface area contributed by atoms with Gasteiger partial charge in [-0.2, -0.15) is 0 Å². The molecule has 0 radical (unpaired) electrons. The molecule has 0 spiro atoms. The van der Waals surface area contributed by atoms with Gasteiger partial charge in [0.2, 0.25) is 5.91 Å². The van der Waals surface area contributed by atoms with Crippen molar-refractivity contribution < 1.29 is 9.59 Å². The third kappa shape index (κ3) is 4.50. The molecule has 0 fully saturated rings. The van der Waals surface area contributed by atoms with Crippen molar-refractivity contribution in [1.29, 1.82) is 0 Å². The third-order valence-electron chi connectivity index (χ3n) is 4.69. The van der Waals surface area contributed by atoms with E-state index in [0.29, 0.717) is 12.1 Å². The van der Waals surface area contributed by atoms with Crippen molar-refractivity contribution in [3.8, 4) is 0 Å². The molecule has 30 heavy (non-hydrogen) atoms. The third-order valence-corrected chi connectivity index (χ3v) is 4.69. The van der Waals surface area contributed by atoms with Gasteiger partial charge in [-0.3, -0.25) is 14.6 Å². The van der Waals surface area contributed by atoms with E-state index < -0.39 is 11.9 Å². The highest BCUT2D eigenvalue weighted by Crippen LogP contribution is 2.16. The Labute approximate surface area is 174 Å². The summed E-state index contributed by atoms with van der Waals surface area (Å²) in [5.41, 5.74) is 2.55. The van der Waals surface area contributed by atoms with Crippen LogP contribution in [0.25, 0.3) is 10.9 Å². The molecule has 0 bridgehead atoms. The van der Waals surface area contributed by atoms with Crippen molar-refractivity contribution in [2.75, 3.05) is 0 Å². The summed E-state index contributed by atoms with van der Waals surface area (Å²) < 4.78 is 0. The fraction of sp³-hybridized carbons (Fsp3) is 0.0833. The summed E-state index contributed by atoms with van der Waals surface area (Å²) in [6.07, 6.45) is 3.37. The zero-order valence-electron chi connectivity index (χ0n) is 16.2. The van der Waals surface area contributed by atoms with Gasteiger partial charge in [-0.05, 0) is 29.3 Å². The predicted molar refractivity (Wildman–Crippen MR) is 114 cm³/mol. The normalized spacial score (nSPS) is 11.6. The number of fused-ring (bicyclic) bond motifs is 1. The van der Waals surface area contributed by atoms with E-state index in [1.54, 1.807) is 18.5 Å². The van der Waals surface area contributed by atoms with Crippen LogP contribution in [-0.2, 0) is 11.3 Å². The van der Waals surface area contributed by atoms with Crippen molar-refractivity contribution in [3.05, 3.63) is 108 Å². The minimum Gasteiger partial charge on any atom is -0.350 e. The van der Waals surface area contributed by atoms with E-state index in [1.165, 1.54) is 0 Å². The fourth-order valence-corrected chi connectivity index (χ4v) is 3.14. The van der Waals surface area contributed by atoms with Crippen molar-refractivity contribution in [1.82, 2.24) is 20.6 Å². The van der Waals surface area contributed by atoms with Gasteiger partial charge in [-0.25, -0.2) is 4.98 Å². The number of carbonyl (C=O) groups is 2. The monoisotopic (exact) mass is 396 g/mol. The number of aromatic nitrogens is 2. The van der Waals surface area contributed by atoms with Crippen LogP contribution in [0.15, 0.2) is 91.3 Å². The first-order valence-electron chi connectivity index (χ1n) is 9.59. The zero-order valence-corrected chi connectivity index (χ0v) is 16.2. The quantitative estimate of drug-likeness (QED) is 0.523. The summed E-state index contributed by atoms with van der Waals surface area (Å²) in [7, 11) is 0. The lowest BCUT2D eigenvalue weighted by Crippen LogP contribution is -2.40. The maximum absolute atomic E-state index is 12.9. The van der Waals surface area contributed by atoms with Crippen LogP contribution in [0.2, 0.25) is 0 Å². The lowest BCUT2D eigenvalue weighted by molar-refractivity contribution is -0.123. The molecular weight excluding hydrogens is 376 g/mol. The Kier molecular flexibility index (Phi) is 5.75. The van der Waals surface area contributed by atoms with Crippen LogP contribution in [0.3, 0.4) is 0 Å². The summed E-state index contributed by atoms with van der Waals surface area (Å²) in [6, 6.07) is 23.1. The van der Waals surface area contributed by atoms with E-state index in [-0.39, 0.29) is 11.6 Å². The first kappa shape index (κ1) is 19.3. The van der Waals surface area contributed by atoms with Crippen molar-refractivity contribution in [3.63, 3.8) is 0 Å². The number of carbonyl (C=O) groups excluding carboxylic acids is 2. The van der Waals surface area contributed by atoms with Crippen molar-refractivity contribution in [2.24, 2.45) is 0 Å². The summed E-state index contributed by atoms with van der Waals surface area (Å²) in [4.78, 5) is 34.3. The molecule has 2 N–H and O–H groups in total. The number of hydrogen-bond donors (Lipinski definition) is 2. The highest BCUT2D eigenvalue weighted by Gasteiger charge is 2.23. The zero-order chi connectivity index (χ0) is 20.8. The molecule has 2 heterocycles. The summed E-state index contributed by atoms with van der Waals surface area (Å²) >= 11 is 0. The average Bonchev–Trinajstić information content (AvgIpc) is 2.81. The van der Waals surface area contributed by atoms with Crippen LogP contribution in [0.5, 0.6) is 0 Å². The van der Waals surface area contributed by atoms with Crippen LogP contribution >= 0.6 is 0 Å². The molecule has 4 rings (SSSR count). The number of benzene rings is 2. The lowest BCUT2D eigenvalue weighted by Gasteiger charge is -2.19. The molecule has 0 aliphatic carbocycles. The molecule has 2 aromatic heterocycles. The average molecular weight is 396 g/mol. The first-order chi connectivity index (χ1) is 14.7. The standard InChI is InChI=1S/C24H20N4O2/c29-23(21-13-12-18-8-4-5-11-20(18)27-21)28-22(19-9-2-1-3-10-19)24(30)26-16-17-7-6-14-25-15-17/h1-15,22H,16H2,(H,26,30)(H,28,29)/t22-/m1/s1. The Hall–Kier alpha value is -4.06. The fourth-order valence-electron chi connectivity index (χ4n) is 3.14. The predicted octanol–water partition coefficient (Wildman–Crippen LogP) is 3.42. The van der Waals surface area contributed by atoms with Gasteiger partial charge in [0.25, 0.3) is 5.91 Å². The van der Waals surface area contributed by atoms with E-state index in [4.69, 9.17) is 0 Å². The molecule has 1 atom stereocenters. The largest absolute Gasteiger partial charge is 0.350 e. The summed E-state index contributed by atoms with van der Waals surface area (Å²) in [5, 5.41) is 6.64. The van der Waals surface area contributed by atoms with Gasteiger partial charge in [0, 0.05) is 24.3 Å². The number of nitrogens with one attached hydrogen (secondary N) is 2. The summed E-state index contributed by atoms with van der Waals surface area (Å²) in [6.45, 7) is 0.320. The maximum Gasteiger partial charge on any atom is 0.270 e. The van der Waals surface area contributed by atoms with Gasteiger partial charge < -0.3 is 10.6 Å². The Bertz CT molecular complexity index is 1160. The molecule has 6 heteroatoms. The Morgan fingerprint density at radius 1 is 0.867 bits per heavy atom. The molecule has 2 aromatic carbocycles. The van der Waals surface area contributed by atoms with Crippen LogP contribution < -0.4 is 10.6 Å². The minimum absolute atomic E-state index is 0.259. The van der Waals surface area contributed by atoms with Gasteiger partial charge in [-0.15, -0.1) is 0 Å². The number of rotatable bonds is 6. The molecule has 0 aliphatic heterocycles. The van der Waals surface area contributed by atoms with Gasteiger partial charge in [0.15, 0.2) is 0 Å². The lowest BCUT2D eigenvalue weighted by atomic mass is 10.1. The number of hydrogen-bond acceptors (Lipinski definition) is 4. The van der Waals surface area contributed by atoms with Gasteiger partial charge in [-0.1, -0.05) is 60.7 Å². The van der Waals surface area contributed by atoms with Crippen molar-refractivity contribution >= 4 is 22.7 Å². The van der Waals surface area contributed by atoms with Crippen molar-refractivity contribution in [2.45, 2.75) is 12.6 Å². The Balaban J connectivity index is 1.54. The second-order valence-electron chi connectivity index (χ2n) is 6.79. The van der Waals surface area contributed by atoms with Crippen LogP contribution in [0.1, 0.15) is 27.7 Å². The molecule has 148 valence electrons. The van der Waals surface area contributed by atoms with E-state index >= 15 is 0 Å². The van der Waals surface area contributed by atoms with Gasteiger partial charge in [0.1, 0.15) is 11.7 Å². The Morgan fingerprint density at radius 3 is 2.47 bits per heavy atom. The minimum atomic E-state index is -0.844. The highest BCUT2D eigenvalue weighted by atomic mass is 16.2. The van der Waals surface area contributed by atoms with Gasteiger partial charge in [0.05, 0.1) is 5.52 Å². The molecule has 0 unspecified atom stereocenters. The first-order valence-corrected chi connectivity index (χ1v) is 9.59. The molecule has 4 aromatic rings. The number of para-hydroxylation sites is 1. The second-order valence-corrected chi connectivity index (χ2v) is 6.79. The Morgan fingerprint density at radius 2 is 1.67 bits per heavy atom. The van der Waals surface area contributed by atoms with Gasteiger partial charge >= 0.3 is 0 Å².